The molecule has 2 aromatic heterocycles. The van der Waals surface area contributed by atoms with Gasteiger partial charge in [0.25, 0.3) is 0 Å². The lowest BCUT2D eigenvalue weighted by Gasteiger charge is -2.01. The first-order valence-electron chi connectivity index (χ1n) is 5.89. The number of hydrogen-bond acceptors (Lipinski definition) is 3. The average Bonchev–Trinajstić information content (AvgIpc) is 2.79. The Hall–Kier alpha value is -0.620. The number of unbranched alkanes of at least 4 members (excludes halogenated alkanes) is 2. The number of fused-ring (bicyclic) bond motifs is 1. The number of aryl methyl sites for hydroxylation is 2. The van der Waals surface area contributed by atoms with E-state index in [1.165, 1.54) is 11.3 Å². The summed E-state index contributed by atoms with van der Waals surface area (Å²) in [6, 6.07) is 0. The second-order valence-electron chi connectivity index (χ2n) is 4.23. The minimum absolute atomic E-state index is 0.316. The van der Waals surface area contributed by atoms with Crippen LogP contribution in [0.1, 0.15) is 40.9 Å². The standard InChI is InChI=1S/C12H14F3NS2/c1-3-4-5-6-8-16-9-7(2)17-11(10(9)18-8)12(13,14)15/h3-6H2,1-2H3. The van der Waals surface area contributed by atoms with Crippen LogP contribution < -0.4 is 0 Å². The lowest BCUT2D eigenvalue weighted by molar-refractivity contribution is -0.133. The van der Waals surface area contributed by atoms with Crippen molar-refractivity contribution in [2.45, 2.75) is 45.7 Å². The van der Waals surface area contributed by atoms with E-state index in [0.717, 1.165) is 42.0 Å². The number of hydrogen-bond donors (Lipinski definition) is 0. The molecule has 0 unspecified atom stereocenters. The zero-order valence-electron chi connectivity index (χ0n) is 10.2. The molecular formula is C12H14F3NS2. The Balaban J connectivity index is 2.33. The SMILES string of the molecule is CCCCCc1nc2c(C)sc(C(F)(F)F)c2s1. The molecule has 0 aliphatic carbocycles. The van der Waals surface area contributed by atoms with Crippen LogP contribution in [0.25, 0.3) is 10.2 Å². The van der Waals surface area contributed by atoms with Crippen molar-refractivity contribution in [2.75, 3.05) is 0 Å². The quantitative estimate of drug-likeness (QED) is 0.686. The first kappa shape index (κ1) is 13.8. The highest BCUT2D eigenvalue weighted by Gasteiger charge is 2.36. The van der Waals surface area contributed by atoms with Crippen molar-refractivity contribution >= 4 is 32.9 Å². The minimum atomic E-state index is -4.26. The van der Waals surface area contributed by atoms with Gasteiger partial charge >= 0.3 is 6.18 Å². The summed E-state index contributed by atoms with van der Waals surface area (Å²) in [6.45, 7) is 3.81. The van der Waals surface area contributed by atoms with Crippen LogP contribution in [0.2, 0.25) is 0 Å². The van der Waals surface area contributed by atoms with Crippen molar-refractivity contribution in [1.29, 1.82) is 0 Å². The van der Waals surface area contributed by atoms with Crippen molar-refractivity contribution in [1.82, 2.24) is 4.98 Å². The molecule has 0 radical (unpaired) electrons. The Bertz CT molecular complexity index is 539. The van der Waals surface area contributed by atoms with E-state index >= 15 is 0 Å². The van der Waals surface area contributed by atoms with Crippen molar-refractivity contribution in [3.63, 3.8) is 0 Å². The van der Waals surface area contributed by atoms with Gasteiger partial charge in [0, 0.05) is 4.88 Å². The fourth-order valence-electron chi connectivity index (χ4n) is 1.82. The topological polar surface area (TPSA) is 12.9 Å². The summed E-state index contributed by atoms with van der Waals surface area (Å²) in [7, 11) is 0. The largest absolute Gasteiger partial charge is 0.427 e. The number of thiophene rings is 1. The highest BCUT2D eigenvalue weighted by molar-refractivity contribution is 7.24. The molecule has 18 heavy (non-hydrogen) atoms. The van der Waals surface area contributed by atoms with Gasteiger partial charge in [-0.2, -0.15) is 13.2 Å². The van der Waals surface area contributed by atoms with Crippen molar-refractivity contribution in [3.8, 4) is 0 Å². The number of aromatic nitrogens is 1. The van der Waals surface area contributed by atoms with Gasteiger partial charge in [0.15, 0.2) is 0 Å². The van der Waals surface area contributed by atoms with Crippen LogP contribution in [-0.2, 0) is 12.6 Å². The summed E-state index contributed by atoms with van der Waals surface area (Å²) in [5, 5.41) is 0.829. The van der Waals surface area contributed by atoms with Gasteiger partial charge in [-0.1, -0.05) is 19.8 Å². The van der Waals surface area contributed by atoms with E-state index in [9.17, 15) is 13.2 Å². The van der Waals surface area contributed by atoms with Crippen LogP contribution in [-0.4, -0.2) is 4.98 Å². The first-order chi connectivity index (χ1) is 8.43. The Morgan fingerprint density at radius 1 is 1.17 bits per heavy atom. The highest BCUT2D eigenvalue weighted by atomic mass is 32.1. The third-order valence-electron chi connectivity index (χ3n) is 2.72. The maximum atomic E-state index is 12.8. The molecular weight excluding hydrogens is 279 g/mol. The van der Waals surface area contributed by atoms with E-state index in [1.807, 2.05) is 0 Å². The van der Waals surface area contributed by atoms with Gasteiger partial charge in [-0.3, -0.25) is 0 Å². The molecule has 0 saturated heterocycles. The summed E-state index contributed by atoms with van der Waals surface area (Å²) in [5.41, 5.74) is 0.545. The second-order valence-corrected chi connectivity index (χ2v) is 6.54. The Morgan fingerprint density at radius 2 is 1.89 bits per heavy atom. The zero-order chi connectivity index (χ0) is 13.3. The van der Waals surface area contributed by atoms with Crippen LogP contribution in [0.3, 0.4) is 0 Å². The van der Waals surface area contributed by atoms with Gasteiger partial charge < -0.3 is 0 Å². The van der Waals surface area contributed by atoms with E-state index < -0.39 is 11.1 Å². The van der Waals surface area contributed by atoms with E-state index in [4.69, 9.17) is 0 Å². The number of thiazole rings is 1. The molecule has 1 nitrogen and oxygen atoms in total. The van der Waals surface area contributed by atoms with E-state index in [1.54, 1.807) is 6.92 Å². The monoisotopic (exact) mass is 293 g/mol. The number of rotatable bonds is 4. The van der Waals surface area contributed by atoms with Gasteiger partial charge in [-0.15, -0.1) is 22.7 Å². The molecule has 0 spiro atoms. The summed E-state index contributed by atoms with van der Waals surface area (Å²) in [5.74, 6) is 0. The van der Waals surface area contributed by atoms with Crippen molar-refractivity contribution in [3.05, 3.63) is 14.8 Å². The predicted octanol–water partition coefficient (Wildman–Crippen LogP) is 5.42. The summed E-state index contributed by atoms with van der Waals surface area (Å²) in [4.78, 5) is 4.52. The molecule has 0 aliphatic rings. The Morgan fingerprint density at radius 3 is 2.50 bits per heavy atom. The van der Waals surface area contributed by atoms with E-state index in [2.05, 4.69) is 11.9 Å². The molecule has 0 saturated carbocycles. The molecule has 0 atom stereocenters. The Kier molecular flexibility index (Phi) is 3.96. The highest BCUT2D eigenvalue weighted by Crippen LogP contribution is 2.44. The van der Waals surface area contributed by atoms with Crippen molar-refractivity contribution < 1.29 is 13.2 Å². The number of halogens is 3. The molecule has 6 heteroatoms. The predicted molar refractivity (Wildman–Crippen MR) is 70.5 cm³/mol. The second kappa shape index (κ2) is 5.17. The molecule has 100 valence electrons. The third kappa shape index (κ3) is 2.69. The first-order valence-corrected chi connectivity index (χ1v) is 7.52. The number of alkyl halides is 3. The van der Waals surface area contributed by atoms with Crippen LogP contribution in [0.15, 0.2) is 0 Å². The fraction of sp³-hybridized carbons (Fsp3) is 0.583. The maximum Gasteiger partial charge on any atom is 0.427 e. The zero-order valence-corrected chi connectivity index (χ0v) is 11.9. The lowest BCUT2D eigenvalue weighted by atomic mass is 10.2. The van der Waals surface area contributed by atoms with Crippen LogP contribution >= 0.6 is 22.7 Å². The molecule has 2 heterocycles. The van der Waals surface area contributed by atoms with Gasteiger partial charge in [0.2, 0.25) is 0 Å². The molecule has 2 rings (SSSR count). The summed E-state index contributed by atoms with van der Waals surface area (Å²) < 4.78 is 38.8. The average molecular weight is 293 g/mol. The third-order valence-corrected chi connectivity index (χ3v) is 5.12. The number of nitrogens with zero attached hydrogens (tertiary/aromatic N) is 1. The fourth-order valence-corrected chi connectivity index (χ4v) is 4.12. The smallest absolute Gasteiger partial charge is 0.240 e. The van der Waals surface area contributed by atoms with E-state index in [-0.39, 0.29) is 0 Å². The van der Waals surface area contributed by atoms with Crippen LogP contribution in [0, 0.1) is 6.92 Å². The lowest BCUT2D eigenvalue weighted by Crippen LogP contribution is -2.01. The summed E-state index contributed by atoms with van der Waals surface area (Å²) >= 11 is 2.00. The van der Waals surface area contributed by atoms with Gasteiger partial charge in [0.05, 0.1) is 15.2 Å². The van der Waals surface area contributed by atoms with Gasteiger partial charge in [0.1, 0.15) is 4.88 Å². The molecule has 2 aromatic rings. The van der Waals surface area contributed by atoms with Crippen molar-refractivity contribution in [2.24, 2.45) is 0 Å². The molecule has 0 amide bonds. The molecule has 0 aromatic carbocycles. The molecule has 0 aliphatic heterocycles. The summed E-state index contributed by atoms with van der Waals surface area (Å²) in [6.07, 6.45) is -0.279. The van der Waals surface area contributed by atoms with Gasteiger partial charge in [-0.05, 0) is 19.8 Å². The Labute approximate surface area is 112 Å². The van der Waals surface area contributed by atoms with Crippen LogP contribution in [0.4, 0.5) is 13.2 Å². The normalized spacial score (nSPS) is 12.5. The minimum Gasteiger partial charge on any atom is -0.240 e. The van der Waals surface area contributed by atoms with Crippen LogP contribution in [0.5, 0.6) is 0 Å². The van der Waals surface area contributed by atoms with E-state index in [0.29, 0.717) is 15.1 Å². The molecule has 0 N–H and O–H groups in total. The van der Waals surface area contributed by atoms with Gasteiger partial charge in [-0.25, -0.2) is 4.98 Å². The maximum absolute atomic E-state index is 12.8. The molecule has 0 fully saturated rings. The molecule has 0 bridgehead atoms.